The maximum atomic E-state index is 7.38. The summed E-state index contributed by atoms with van der Waals surface area (Å²) in [6, 6.07) is 36.3. The van der Waals surface area contributed by atoms with Crippen molar-refractivity contribution in [3.8, 4) is 46.7 Å². The lowest BCUT2D eigenvalue weighted by atomic mass is 9.89. The molecule has 10 aromatic rings. The summed E-state index contributed by atoms with van der Waals surface area (Å²) in [6.45, 7) is 45.4. The fourth-order valence-electron chi connectivity index (χ4n) is 22.0. The van der Waals surface area contributed by atoms with E-state index in [1.54, 1.807) is 0 Å². The molecule has 0 saturated carbocycles. The highest BCUT2D eigenvalue weighted by Gasteiger charge is 2.31. The molecule has 26 bridgehead atoms. The van der Waals surface area contributed by atoms with Gasteiger partial charge in [0.15, 0.2) is 0 Å². The van der Waals surface area contributed by atoms with Crippen molar-refractivity contribution in [1.29, 1.82) is 0 Å². The topological polar surface area (TPSA) is 189 Å². The summed E-state index contributed by atoms with van der Waals surface area (Å²) in [7, 11) is 0. The van der Waals surface area contributed by atoms with Crippen LogP contribution in [0.2, 0.25) is 0 Å². The van der Waals surface area contributed by atoms with Gasteiger partial charge in [0.05, 0.1) is 134 Å². The van der Waals surface area contributed by atoms with E-state index in [0.29, 0.717) is 91.8 Å². The van der Waals surface area contributed by atoms with Crippen LogP contribution < -0.4 is 18.9 Å². The molecule has 136 heavy (non-hydrogen) atoms. The number of para-hydroxylation sites is 2. The first-order valence-corrected chi connectivity index (χ1v) is 51.5. The highest BCUT2D eigenvalue weighted by atomic mass is 16.6. The Hall–Kier alpha value is -11.8. The fraction of sp³-hybridized carbons (Fsp3) is 0.433. The summed E-state index contributed by atoms with van der Waals surface area (Å²) in [5.74, 6) is 19.2. The molecule has 16 nitrogen and oxygen atoms in total. The number of hydrogen-bond acceptors (Lipinski definition) is 12. The van der Waals surface area contributed by atoms with Gasteiger partial charge in [-0.2, -0.15) is 0 Å². The largest absolute Gasteiger partial charge is 0.493 e. The maximum absolute atomic E-state index is 7.38. The first-order chi connectivity index (χ1) is 66.6. The molecule has 0 spiro atoms. The molecule has 0 radical (unpaired) electrons. The Morgan fingerprint density at radius 1 is 0.265 bits per heavy atom. The predicted octanol–water partition coefficient (Wildman–Crippen LogP) is 27.3. The van der Waals surface area contributed by atoms with Crippen LogP contribution in [0.1, 0.15) is 346 Å². The molecular weight excluding hydrogens is 1680 g/mol. The third-order valence-electron chi connectivity index (χ3n) is 28.2. The van der Waals surface area contributed by atoms with E-state index in [-0.39, 0.29) is 13.2 Å². The van der Waals surface area contributed by atoms with Gasteiger partial charge in [-0.3, -0.25) is 0 Å². The van der Waals surface area contributed by atoms with Gasteiger partial charge in [0, 0.05) is 92.2 Å². The van der Waals surface area contributed by atoms with Gasteiger partial charge in [0.25, 0.3) is 0 Å². The second kappa shape index (κ2) is 45.0. The van der Waals surface area contributed by atoms with Crippen LogP contribution in [-0.2, 0) is 96.0 Å². The Balaban J connectivity index is 0.954. The number of aromatic amines is 4. The van der Waals surface area contributed by atoms with Gasteiger partial charge < -0.3 is 57.8 Å². The average Bonchev–Trinajstić information content (AvgIpc) is 1.61. The SMILES string of the molecule is CCCOc1c2cccc1Cc1cc(C#Cc3c4nc(cc5[nH]c(cc6nc(cc7[nH]c3c(CC)c7CC)C(CC)=C6CC)c(CC)c5CC)C(CC)=C4CC)cc3c1OCCOCCOCCOCCOCCOc1c(cc(C#Cc4c5nc(cc6[nH]c(cc7nc(cc8[nH]c4c(CC)c8CC)C(CC)=C7CC)c(CC)c6CC)C(CC)=C5CC)cc1Cc1cccc(c1OCCC)C3)C2. The minimum absolute atomic E-state index is 0.273. The van der Waals surface area contributed by atoms with Crippen molar-refractivity contribution in [2.75, 3.05) is 79.3 Å². The number of H-pyrrole nitrogens is 4. The summed E-state index contributed by atoms with van der Waals surface area (Å²) in [4.78, 5) is 39.2. The lowest BCUT2D eigenvalue weighted by Crippen LogP contribution is -2.15. The van der Waals surface area contributed by atoms with Gasteiger partial charge in [0.2, 0.25) is 0 Å². The number of fused-ring (bicyclic) bond motifs is 18. The summed E-state index contributed by atoms with van der Waals surface area (Å²) in [5, 5.41) is 0. The van der Waals surface area contributed by atoms with Crippen LogP contribution in [0.5, 0.6) is 23.0 Å². The molecule has 710 valence electrons. The molecule has 6 aliphatic rings. The normalized spacial score (nSPS) is 14.6. The molecule has 4 N–H and O–H groups in total. The molecule has 0 saturated heterocycles. The molecule has 5 aliphatic heterocycles. The summed E-state index contributed by atoms with van der Waals surface area (Å²) in [6.07, 6.45) is 16.6. The molecule has 0 amide bonds. The quantitative estimate of drug-likeness (QED) is 0.0471. The molecule has 6 aromatic heterocycles. The van der Waals surface area contributed by atoms with Crippen LogP contribution >= 0.6 is 0 Å². The number of benzene rings is 4. The Kier molecular flexibility index (Phi) is 32.2. The summed E-state index contributed by atoms with van der Waals surface area (Å²) < 4.78 is 54.3. The zero-order chi connectivity index (χ0) is 95.2. The van der Waals surface area contributed by atoms with Gasteiger partial charge in [-0.1, -0.05) is 185 Å². The van der Waals surface area contributed by atoms with E-state index in [4.69, 9.17) is 57.8 Å². The van der Waals surface area contributed by atoms with Gasteiger partial charge in [-0.15, -0.1) is 0 Å². The molecule has 11 heterocycles. The van der Waals surface area contributed by atoms with Crippen molar-refractivity contribution in [2.24, 2.45) is 0 Å². The first-order valence-electron chi connectivity index (χ1n) is 51.5. The highest BCUT2D eigenvalue weighted by Crippen LogP contribution is 2.47. The predicted molar refractivity (Wildman–Crippen MR) is 561 cm³/mol. The van der Waals surface area contributed by atoms with Crippen LogP contribution in [0.3, 0.4) is 0 Å². The number of aromatic nitrogens is 8. The van der Waals surface area contributed by atoms with Crippen molar-refractivity contribution in [3.63, 3.8) is 0 Å². The van der Waals surface area contributed by atoms with Crippen molar-refractivity contribution < 1.29 is 37.9 Å². The second-order valence-corrected chi connectivity index (χ2v) is 36.2. The average molecular weight is 1820 g/mol. The second-order valence-electron chi connectivity index (χ2n) is 36.2. The van der Waals surface area contributed by atoms with Crippen molar-refractivity contribution in [1.82, 2.24) is 39.9 Å². The van der Waals surface area contributed by atoms with Gasteiger partial charge in [-0.05, 0) is 288 Å². The van der Waals surface area contributed by atoms with Crippen molar-refractivity contribution >= 4 is 88.7 Å². The first kappa shape index (κ1) is 97.3. The summed E-state index contributed by atoms with van der Waals surface area (Å²) >= 11 is 0. The van der Waals surface area contributed by atoms with E-state index in [2.05, 4.69) is 265 Å². The number of allylic oxidation sites excluding steroid dienone is 8. The minimum atomic E-state index is 0.273. The Morgan fingerprint density at radius 2 is 0.515 bits per heavy atom. The third-order valence-corrected chi connectivity index (χ3v) is 28.2. The molecule has 1 aliphatic carbocycles. The van der Waals surface area contributed by atoms with Crippen LogP contribution in [0.15, 0.2) is 97.1 Å². The number of hydrogen-bond donors (Lipinski definition) is 4. The Bertz CT molecular complexity index is 6330. The zero-order valence-electron chi connectivity index (χ0n) is 84.3. The molecule has 16 rings (SSSR count). The van der Waals surface area contributed by atoms with Crippen molar-refractivity contribution in [3.05, 3.63) is 254 Å². The summed E-state index contributed by atoms with van der Waals surface area (Å²) in [5.41, 5.74) is 48.0. The lowest BCUT2D eigenvalue weighted by molar-refractivity contribution is -0.00706. The number of nitrogens with zero attached hydrogens (tertiary/aromatic N) is 4. The standard InChI is InChI=1S/C120H142N8O8/c1-19-47-133-117-75-39-37-40-76(117)64-80-60-74(44-46-100-115-97(35-17)93(31-13)111(127-115)71-107-89(27-9)85(23-5)103(123-107)68-104-86(24-6)90(28-10)108(124-104)72-112-94(32-14)98(36-18)116(100)128-112)62-82-66-78-42-38-41-77(118(78)134-48-20-2)65-81-61-73(59-79(63-75)119(81)135-57-55-131-53-51-129-49-50-130-52-54-132-56-58-136-120(80)82)43-45-99-113-95(33-15)91(29-11)109(125-113)69-105-87(25-7)83(21-3)101(121-105)67-102-84(22-4)88(26-8)106(122-102)70-110-92(30-12)96(34-16)114(99)126-110/h37-42,59-62,67-72,121,123,126,128H,19-36,47-58,63-66H2,1-18H3. The number of nitrogens with one attached hydrogen (secondary N) is 4. The molecule has 0 fully saturated rings. The molecule has 16 heteroatoms. The Labute approximate surface area is 807 Å². The number of rotatable bonds is 22. The zero-order valence-corrected chi connectivity index (χ0v) is 84.3. The Morgan fingerprint density at radius 3 is 0.779 bits per heavy atom. The van der Waals surface area contributed by atoms with Gasteiger partial charge in [-0.25, -0.2) is 19.9 Å². The molecular formula is C120H142N8O8. The van der Waals surface area contributed by atoms with Crippen LogP contribution in [0.4, 0.5) is 0 Å². The van der Waals surface area contributed by atoms with E-state index in [0.717, 1.165) is 295 Å². The van der Waals surface area contributed by atoms with E-state index < -0.39 is 0 Å². The van der Waals surface area contributed by atoms with Crippen LogP contribution in [0, 0.1) is 23.7 Å². The van der Waals surface area contributed by atoms with Gasteiger partial charge in [0.1, 0.15) is 36.2 Å². The monoisotopic (exact) mass is 1820 g/mol. The number of aryl methyl sites for hydroxylation is 8. The van der Waals surface area contributed by atoms with Crippen molar-refractivity contribution in [2.45, 2.75) is 266 Å². The van der Waals surface area contributed by atoms with E-state index in [9.17, 15) is 0 Å². The molecule has 0 atom stereocenters. The van der Waals surface area contributed by atoms with E-state index >= 15 is 0 Å². The van der Waals surface area contributed by atoms with Crippen LogP contribution in [0.25, 0.3) is 88.7 Å². The minimum Gasteiger partial charge on any atom is -0.493 e. The van der Waals surface area contributed by atoms with E-state index in [1.807, 2.05) is 0 Å². The van der Waals surface area contributed by atoms with Gasteiger partial charge >= 0.3 is 0 Å². The maximum Gasteiger partial charge on any atom is 0.126 e. The molecule has 0 unspecified atom stereocenters. The molecule has 4 aromatic carbocycles. The van der Waals surface area contributed by atoms with E-state index in [1.165, 1.54) is 89.1 Å². The van der Waals surface area contributed by atoms with Crippen LogP contribution in [-0.4, -0.2) is 119 Å². The fourth-order valence-corrected chi connectivity index (χ4v) is 22.0. The lowest BCUT2D eigenvalue weighted by Gasteiger charge is -2.23. The smallest absolute Gasteiger partial charge is 0.126 e. The third kappa shape index (κ3) is 19.8. The number of ether oxygens (including phenoxy) is 8. The highest BCUT2D eigenvalue weighted by molar-refractivity contribution is 6.00.